The number of halogens is 1. The van der Waals surface area contributed by atoms with Gasteiger partial charge in [-0.3, -0.25) is 0 Å². The smallest absolute Gasteiger partial charge is 0.451 e. The summed E-state index contributed by atoms with van der Waals surface area (Å²) < 4.78 is 48.4. The third kappa shape index (κ3) is 9.02. The van der Waals surface area contributed by atoms with Gasteiger partial charge in [-0.25, -0.2) is 4.20 Å². The minimum absolute atomic E-state index is 0.898. The highest BCUT2D eigenvalue weighted by Gasteiger charge is 2.65. The molecular formula is C36H56FN12O5P3. The van der Waals surface area contributed by atoms with E-state index in [2.05, 4.69) is 60.8 Å². The largest absolute Gasteiger partial charge is 0.786 e. The molecule has 0 amide bonds. The van der Waals surface area contributed by atoms with Crippen LogP contribution in [-0.4, -0.2) is 137 Å². The molecule has 57 heavy (non-hydrogen) atoms. The van der Waals surface area contributed by atoms with Crippen molar-refractivity contribution >= 4 is 45.9 Å². The first-order valence-electron chi connectivity index (χ1n) is 20.8. The van der Waals surface area contributed by atoms with Crippen LogP contribution >= 0.6 is 23.8 Å². The quantitative estimate of drug-likeness (QED) is 0.206. The summed E-state index contributed by atoms with van der Waals surface area (Å²) in [6.07, 6.45) is 15.2. The van der Waals surface area contributed by atoms with Crippen LogP contribution in [0.4, 0.5) is 4.20 Å². The highest BCUT2D eigenvalue weighted by Crippen LogP contribution is 2.70. The van der Waals surface area contributed by atoms with Gasteiger partial charge in [0.15, 0.2) is 0 Å². The van der Waals surface area contributed by atoms with Gasteiger partial charge in [0.2, 0.25) is 0 Å². The first-order valence-corrected chi connectivity index (χ1v) is 25.4. The van der Waals surface area contributed by atoms with Crippen molar-refractivity contribution in [2.45, 2.75) is 77.0 Å². The van der Waals surface area contributed by atoms with Gasteiger partial charge in [0.1, 0.15) is 30.0 Å². The molecule has 0 aliphatic carbocycles. The number of hydrogen-bond donors (Lipinski definition) is 0. The number of fused-ring (bicyclic) bond motifs is 2. The SMILES string of the molecule is O=P([O-])([O-])F.c1ccc2c(c1)nnn2O[P+](N1CCCC1)(N1CCCC1)N1CCCC1.c1ccc2c(c1)nnn2O[P+](N1CCCC1)(N1CCCC1)N1CCCC1. The number of aromatic nitrogens is 6. The Morgan fingerprint density at radius 2 is 0.702 bits per heavy atom. The van der Waals surface area contributed by atoms with E-state index in [9.17, 15) is 4.20 Å². The number of rotatable bonds is 10. The Labute approximate surface area is 335 Å². The zero-order chi connectivity index (χ0) is 39.3. The van der Waals surface area contributed by atoms with E-state index in [1.807, 2.05) is 36.4 Å². The maximum absolute atomic E-state index is 10.1. The zero-order valence-corrected chi connectivity index (χ0v) is 35.4. The van der Waals surface area contributed by atoms with E-state index >= 15 is 0 Å². The summed E-state index contributed by atoms with van der Waals surface area (Å²) in [5, 5.41) is 17.4. The normalized spacial score (nSPS) is 22.4. The van der Waals surface area contributed by atoms with E-state index in [1.54, 1.807) is 9.69 Å². The van der Waals surface area contributed by atoms with Gasteiger partial charge in [0.05, 0.1) is 0 Å². The minimum Gasteiger partial charge on any atom is -0.786 e. The predicted molar refractivity (Wildman–Crippen MR) is 216 cm³/mol. The lowest BCUT2D eigenvalue weighted by atomic mass is 10.3. The summed E-state index contributed by atoms with van der Waals surface area (Å²) in [6.45, 7) is 13.6. The number of benzene rings is 2. The van der Waals surface area contributed by atoms with Gasteiger partial charge in [-0.2, -0.15) is 9.25 Å². The Balaban J connectivity index is 0.000000143. The molecule has 17 nitrogen and oxygen atoms in total. The average molecular weight is 849 g/mol. The molecule has 6 saturated heterocycles. The fourth-order valence-electron chi connectivity index (χ4n) is 9.17. The second-order valence-electron chi connectivity index (χ2n) is 15.5. The van der Waals surface area contributed by atoms with Gasteiger partial charge in [0.25, 0.3) is 0 Å². The fraction of sp³-hybridized carbons (Fsp3) is 0.667. The van der Waals surface area contributed by atoms with Crippen LogP contribution in [0.5, 0.6) is 0 Å². The van der Waals surface area contributed by atoms with Crippen molar-refractivity contribution < 1.29 is 27.8 Å². The van der Waals surface area contributed by atoms with Crippen molar-refractivity contribution in [3.05, 3.63) is 48.5 Å². The second-order valence-corrected chi connectivity index (χ2v) is 22.1. The van der Waals surface area contributed by atoms with Crippen LogP contribution in [0.3, 0.4) is 0 Å². The van der Waals surface area contributed by atoms with Crippen molar-refractivity contribution in [2.75, 3.05) is 78.5 Å². The topological polar surface area (TPSA) is 163 Å². The van der Waals surface area contributed by atoms with Gasteiger partial charge in [-0.1, -0.05) is 24.3 Å². The molecule has 8 heterocycles. The first-order chi connectivity index (χ1) is 27.8. The van der Waals surface area contributed by atoms with Gasteiger partial charge < -0.3 is 14.4 Å². The van der Waals surface area contributed by atoms with Gasteiger partial charge in [-0.15, -0.1) is 38.2 Å². The predicted octanol–water partition coefficient (Wildman–Crippen LogP) is 4.43. The molecule has 0 spiro atoms. The molecule has 0 saturated carbocycles. The van der Waals surface area contributed by atoms with Crippen LogP contribution in [0.15, 0.2) is 48.5 Å². The van der Waals surface area contributed by atoms with E-state index in [4.69, 9.17) is 23.6 Å². The molecule has 0 N–H and O–H groups in total. The van der Waals surface area contributed by atoms with Crippen molar-refractivity contribution in [3.63, 3.8) is 0 Å². The summed E-state index contributed by atoms with van der Waals surface area (Å²) in [4.78, 5) is 20.3. The number of nitrogens with zero attached hydrogens (tertiary/aromatic N) is 12. The monoisotopic (exact) mass is 848 g/mol. The standard InChI is InChI=1S/2C18H28N6OP.FH2O3P/c2*1-2-10-18-17(9-1)19-20-24(18)25-26(21-11-3-4-12-21,22-13-5-6-14-22)23-15-7-8-16-23;1-5(2,3)4/h2*1-2,9-10H,3-8,11-16H2;(H2,2,3,4)/q2*+1;/p-2. The molecule has 21 heteroatoms. The number of hydrogen-bond acceptors (Lipinski definition) is 15. The maximum atomic E-state index is 10.1. The third-order valence-electron chi connectivity index (χ3n) is 11.7. The molecule has 2 aromatic carbocycles. The second kappa shape index (κ2) is 18.4. The lowest BCUT2D eigenvalue weighted by Crippen LogP contribution is -2.47. The zero-order valence-electron chi connectivity index (χ0n) is 32.7. The Kier molecular flexibility index (Phi) is 13.4. The summed E-state index contributed by atoms with van der Waals surface area (Å²) in [5.74, 6) is 0. The van der Waals surface area contributed by atoms with Crippen LogP contribution in [0.1, 0.15) is 77.0 Å². The molecule has 0 radical (unpaired) electrons. The van der Waals surface area contributed by atoms with E-state index in [-0.39, 0.29) is 0 Å². The van der Waals surface area contributed by atoms with E-state index in [0.29, 0.717) is 0 Å². The summed E-state index contributed by atoms with van der Waals surface area (Å²) in [5.41, 5.74) is 3.73. The Hall–Kier alpha value is -2.46. The van der Waals surface area contributed by atoms with Crippen molar-refractivity contribution in [1.29, 1.82) is 0 Å². The average Bonchev–Trinajstić information content (AvgIpc) is 4.05. The van der Waals surface area contributed by atoms with Crippen molar-refractivity contribution in [2.24, 2.45) is 0 Å². The van der Waals surface area contributed by atoms with Gasteiger partial charge >= 0.3 is 15.9 Å². The van der Waals surface area contributed by atoms with Gasteiger partial charge in [-0.05, 0) is 121 Å². The van der Waals surface area contributed by atoms with Crippen LogP contribution in [-0.2, 0) is 4.57 Å². The van der Waals surface area contributed by atoms with Crippen LogP contribution < -0.4 is 19.0 Å². The molecule has 0 bridgehead atoms. The Morgan fingerprint density at radius 3 is 0.947 bits per heavy atom. The molecule has 2 aromatic heterocycles. The van der Waals surface area contributed by atoms with Crippen LogP contribution in [0.2, 0.25) is 0 Å². The molecule has 4 aromatic rings. The minimum atomic E-state index is -5.64. The van der Waals surface area contributed by atoms with E-state index in [1.165, 1.54) is 77.0 Å². The lowest BCUT2D eigenvalue weighted by molar-refractivity contribution is -0.328. The Bertz CT molecular complexity index is 1720. The van der Waals surface area contributed by atoms with Crippen LogP contribution in [0, 0.1) is 0 Å². The third-order valence-corrected chi connectivity index (χ3v) is 19.3. The summed E-state index contributed by atoms with van der Waals surface area (Å²) in [6, 6.07) is 16.2. The maximum Gasteiger partial charge on any atom is 0.451 e. The van der Waals surface area contributed by atoms with Crippen molar-refractivity contribution in [3.8, 4) is 0 Å². The Morgan fingerprint density at radius 1 is 0.474 bits per heavy atom. The highest BCUT2D eigenvalue weighted by molar-refractivity contribution is 7.64. The van der Waals surface area contributed by atoms with Crippen LogP contribution in [0.25, 0.3) is 22.1 Å². The molecular weight excluding hydrogens is 792 g/mol. The summed E-state index contributed by atoms with van der Waals surface area (Å²) in [7, 11) is -9.78. The molecule has 6 aliphatic rings. The molecule has 0 unspecified atom stereocenters. The first kappa shape index (κ1) is 41.3. The molecule has 0 atom stereocenters. The number of para-hydroxylation sites is 2. The van der Waals surface area contributed by atoms with Gasteiger partial charge in [0, 0.05) is 78.5 Å². The molecule has 6 aliphatic heterocycles. The van der Waals surface area contributed by atoms with E-state index < -0.39 is 23.8 Å². The fourth-order valence-corrected chi connectivity index (χ4v) is 17.4. The highest BCUT2D eigenvalue weighted by atomic mass is 31.2. The lowest BCUT2D eigenvalue weighted by Gasteiger charge is -2.39. The molecule has 312 valence electrons. The molecule has 10 rings (SSSR count). The molecule has 6 fully saturated rings. The van der Waals surface area contributed by atoms with Crippen molar-refractivity contribution in [1.82, 2.24) is 58.3 Å². The van der Waals surface area contributed by atoms with E-state index in [0.717, 1.165) is 101 Å². The summed E-state index contributed by atoms with van der Waals surface area (Å²) >= 11 is 0.